The molecule has 0 bridgehead atoms. The van der Waals surface area contributed by atoms with Gasteiger partial charge in [-0.05, 0) is 30.9 Å². The fourth-order valence-corrected chi connectivity index (χ4v) is 3.85. The van der Waals surface area contributed by atoms with E-state index < -0.39 is 0 Å². The Morgan fingerprint density at radius 3 is 2.72 bits per heavy atom. The van der Waals surface area contributed by atoms with Crippen molar-refractivity contribution in [3.63, 3.8) is 0 Å². The first kappa shape index (κ1) is 21.3. The summed E-state index contributed by atoms with van der Waals surface area (Å²) in [5, 5.41) is 16.3. The number of hydrogen-bond acceptors (Lipinski definition) is 9. The number of carbonyl (C=O) groups excluding carboxylic acids is 1. The molecule has 0 fully saturated rings. The highest BCUT2D eigenvalue weighted by Gasteiger charge is 2.13. The van der Waals surface area contributed by atoms with Crippen LogP contribution < -0.4 is 10.6 Å². The van der Waals surface area contributed by atoms with Crippen molar-refractivity contribution in [1.82, 2.24) is 19.9 Å². The minimum atomic E-state index is -0.109. The molecule has 0 saturated carbocycles. The van der Waals surface area contributed by atoms with Gasteiger partial charge in [0.05, 0.1) is 16.8 Å². The first-order chi connectivity index (χ1) is 14.1. The lowest BCUT2D eigenvalue weighted by Gasteiger charge is -2.15. The Balaban J connectivity index is 1.49. The van der Waals surface area contributed by atoms with Gasteiger partial charge in [-0.2, -0.15) is 0 Å². The minimum absolute atomic E-state index is 0.0524. The fourth-order valence-electron chi connectivity index (χ4n) is 2.60. The quantitative estimate of drug-likeness (QED) is 0.332. The molecule has 1 amide bonds. The molecule has 2 aromatic heterocycles. The number of thioether (sulfide) groups is 1. The maximum Gasteiger partial charge on any atom is 0.253 e. The van der Waals surface area contributed by atoms with E-state index in [4.69, 9.17) is 5.11 Å². The molecule has 0 aliphatic carbocycles. The Hall–Kier alpha value is -2.43. The number of aliphatic hydroxyl groups is 1. The summed E-state index contributed by atoms with van der Waals surface area (Å²) in [6, 6.07) is 5.48. The van der Waals surface area contributed by atoms with E-state index in [9.17, 15) is 4.79 Å². The first-order valence-corrected chi connectivity index (χ1v) is 11.3. The van der Waals surface area contributed by atoms with Gasteiger partial charge in [-0.25, -0.2) is 15.0 Å². The zero-order chi connectivity index (χ0) is 20.6. The summed E-state index contributed by atoms with van der Waals surface area (Å²) >= 11 is 3.14. The van der Waals surface area contributed by atoms with Crippen molar-refractivity contribution in [3.05, 3.63) is 36.2 Å². The molecule has 3 rings (SSSR count). The van der Waals surface area contributed by atoms with Crippen LogP contribution in [0.1, 0.15) is 16.8 Å². The molecular formula is C19H24N6O2S2. The second kappa shape index (κ2) is 10.4. The first-order valence-electron chi connectivity index (χ1n) is 9.21. The van der Waals surface area contributed by atoms with Crippen LogP contribution in [0.25, 0.3) is 10.2 Å². The molecule has 0 radical (unpaired) electrons. The molecule has 29 heavy (non-hydrogen) atoms. The Morgan fingerprint density at radius 2 is 2.00 bits per heavy atom. The average Bonchev–Trinajstić information content (AvgIpc) is 3.15. The molecule has 0 aliphatic rings. The van der Waals surface area contributed by atoms with Gasteiger partial charge in [0.15, 0.2) is 5.13 Å². The third-order valence-corrected chi connectivity index (χ3v) is 5.85. The van der Waals surface area contributed by atoms with E-state index in [-0.39, 0.29) is 12.5 Å². The molecule has 3 N–H and O–H groups in total. The maximum atomic E-state index is 12.3. The molecule has 1 aromatic carbocycles. The monoisotopic (exact) mass is 432 g/mol. The largest absolute Gasteiger partial charge is 0.395 e. The predicted molar refractivity (Wildman–Crippen MR) is 119 cm³/mol. The van der Waals surface area contributed by atoms with Gasteiger partial charge in [-0.1, -0.05) is 11.3 Å². The summed E-state index contributed by atoms with van der Waals surface area (Å²) in [6.45, 7) is 1.78. The number of nitrogens with one attached hydrogen (secondary N) is 2. The van der Waals surface area contributed by atoms with Crippen molar-refractivity contribution in [2.24, 2.45) is 0 Å². The fraction of sp³-hybridized carbons (Fsp3) is 0.368. The Labute approximate surface area is 177 Å². The number of carbonyl (C=O) groups is 1. The zero-order valence-electron chi connectivity index (χ0n) is 16.4. The molecule has 3 aromatic rings. The van der Waals surface area contributed by atoms with Crippen molar-refractivity contribution >= 4 is 50.3 Å². The van der Waals surface area contributed by atoms with Crippen LogP contribution in [-0.2, 0) is 0 Å². The van der Waals surface area contributed by atoms with Crippen molar-refractivity contribution in [2.75, 3.05) is 50.2 Å². The number of nitrogens with zero attached hydrogens (tertiary/aromatic N) is 4. The van der Waals surface area contributed by atoms with Crippen molar-refractivity contribution < 1.29 is 9.90 Å². The number of thiazole rings is 1. The van der Waals surface area contributed by atoms with Crippen LogP contribution in [0, 0.1) is 0 Å². The van der Waals surface area contributed by atoms with Crippen LogP contribution in [0.4, 0.5) is 11.1 Å². The number of aromatic nitrogens is 3. The summed E-state index contributed by atoms with van der Waals surface area (Å²) in [4.78, 5) is 28.0. The molecule has 0 atom stereocenters. The van der Waals surface area contributed by atoms with Gasteiger partial charge in [0.1, 0.15) is 0 Å². The third-order valence-electron chi connectivity index (χ3n) is 4.19. The van der Waals surface area contributed by atoms with Crippen LogP contribution in [0.15, 0.2) is 35.5 Å². The zero-order valence-corrected chi connectivity index (χ0v) is 18.0. The maximum absolute atomic E-state index is 12.3. The lowest BCUT2D eigenvalue weighted by Crippen LogP contribution is -2.29. The lowest BCUT2D eigenvalue weighted by molar-refractivity contribution is 0.0767. The number of rotatable bonds is 10. The van der Waals surface area contributed by atoms with Gasteiger partial charge in [0, 0.05) is 49.5 Å². The number of likely N-dealkylation sites (N-methyl/N-ethyl adjacent to an activating group) is 1. The van der Waals surface area contributed by atoms with Crippen LogP contribution in [0.2, 0.25) is 0 Å². The Bertz CT molecular complexity index is 948. The number of aliphatic hydroxyl groups excluding tert-OH is 1. The van der Waals surface area contributed by atoms with E-state index >= 15 is 0 Å². The highest BCUT2D eigenvalue weighted by Crippen LogP contribution is 2.27. The van der Waals surface area contributed by atoms with E-state index in [1.54, 1.807) is 37.3 Å². The number of anilines is 2. The third kappa shape index (κ3) is 5.78. The Morgan fingerprint density at radius 1 is 1.24 bits per heavy atom. The van der Waals surface area contributed by atoms with Crippen LogP contribution in [0.3, 0.4) is 0 Å². The normalized spacial score (nSPS) is 10.9. The number of fused-ring (bicyclic) bond motifs is 1. The Kier molecular flexibility index (Phi) is 7.62. The second-order valence-corrected chi connectivity index (χ2v) is 8.22. The van der Waals surface area contributed by atoms with Crippen molar-refractivity contribution in [2.45, 2.75) is 11.3 Å². The van der Waals surface area contributed by atoms with Gasteiger partial charge >= 0.3 is 0 Å². The van der Waals surface area contributed by atoms with Gasteiger partial charge in [0.25, 0.3) is 5.91 Å². The van der Waals surface area contributed by atoms with Crippen molar-refractivity contribution in [1.29, 1.82) is 0 Å². The van der Waals surface area contributed by atoms with E-state index in [1.807, 2.05) is 18.4 Å². The number of hydrogen-bond donors (Lipinski definition) is 3. The lowest BCUT2D eigenvalue weighted by atomic mass is 10.2. The molecule has 154 valence electrons. The van der Waals surface area contributed by atoms with E-state index in [1.165, 1.54) is 16.2 Å². The van der Waals surface area contributed by atoms with Gasteiger partial charge < -0.3 is 20.6 Å². The second-order valence-electron chi connectivity index (χ2n) is 6.31. The van der Waals surface area contributed by atoms with Gasteiger partial charge in [-0.3, -0.25) is 4.79 Å². The minimum Gasteiger partial charge on any atom is -0.395 e. The summed E-state index contributed by atoms with van der Waals surface area (Å²) in [7, 11) is 1.68. The molecule has 0 aliphatic heterocycles. The average molecular weight is 433 g/mol. The predicted octanol–water partition coefficient (Wildman–Crippen LogP) is 2.79. The molecular weight excluding hydrogens is 408 g/mol. The summed E-state index contributed by atoms with van der Waals surface area (Å²) in [6.07, 6.45) is 6.49. The van der Waals surface area contributed by atoms with Crippen LogP contribution in [0.5, 0.6) is 0 Å². The summed E-state index contributed by atoms with van der Waals surface area (Å²) in [5.41, 5.74) is 1.46. The molecule has 8 nitrogen and oxygen atoms in total. The van der Waals surface area contributed by atoms with E-state index in [0.29, 0.717) is 18.1 Å². The van der Waals surface area contributed by atoms with Crippen LogP contribution in [-0.4, -0.2) is 70.4 Å². The van der Waals surface area contributed by atoms with Gasteiger partial charge in [0.2, 0.25) is 5.95 Å². The smallest absolute Gasteiger partial charge is 0.253 e. The van der Waals surface area contributed by atoms with Crippen LogP contribution >= 0.6 is 23.1 Å². The highest BCUT2D eigenvalue weighted by molar-refractivity contribution is 7.98. The summed E-state index contributed by atoms with van der Waals surface area (Å²) < 4.78 is 0.955. The SMILES string of the molecule is CSc1cnc(NCCCNc2nc3ccc(C(=O)N(C)CCO)cc3s2)nc1. The summed E-state index contributed by atoms with van der Waals surface area (Å²) in [5.74, 6) is 0.522. The standard InChI is InChI=1S/C19H24N6O2S2/c1-25(8-9-26)17(27)13-4-5-15-16(10-13)29-19(24-15)21-7-3-6-20-18-22-11-14(28-2)12-23-18/h4-5,10-12,26H,3,6-9H2,1-2H3,(H,21,24)(H,20,22,23). The highest BCUT2D eigenvalue weighted by atomic mass is 32.2. The van der Waals surface area contributed by atoms with Gasteiger partial charge in [-0.15, -0.1) is 11.8 Å². The number of benzene rings is 1. The molecule has 0 saturated heterocycles. The number of amides is 1. The molecule has 0 spiro atoms. The topological polar surface area (TPSA) is 103 Å². The van der Waals surface area contributed by atoms with Crippen molar-refractivity contribution in [3.8, 4) is 0 Å². The molecule has 0 unspecified atom stereocenters. The van der Waals surface area contributed by atoms with E-state index in [0.717, 1.165) is 39.8 Å². The molecule has 10 heteroatoms. The molecule has 2 heterocycles. The van der Waals surface area contributed by atoms with E-state index in [2.05, 4.69) is 25.6 Å².